The van der Waals surface area contributed by atoms with Gasteiger partial charge < -0.3 is 5.11 Å². The fraction of sp³-hybridized carbons (Fsp3) is 0.263. The molecule has 1 aliphatic rings. The van der Waals surface area contributed by atoms with E-state index in [1.165, 1.54) is 21.2 Å². The van der Waals surface area contributed by atoms with Crippen LogP contribution in [0.4, 0.5) is 0 Å². The number of thiophene rings is 1. The molecule has 1 heterocycles. The van der Waals surface area contributed by atoms with Gasteiger partial charge in [-0.25, -0.2) is 0 Å². The van der Waals surface area contributed by atoms with Crippen LogP contribution in [0.1, 0.15) is 29.2 Å². The predicted octanol–water partition coefficient (Wildman–Crippen LogP) is 4.74. The molecule has 2 unspecified atom stereocenters. The third kappa shape index (κ3) is 2.29. The second kappa shape index (κ2) is 5.28. The zero-order valence-corrected chi connectivity index (χ0v) is 12.6. The first kappa shape index (κ1) is 13.1. The van der Waals surface area contributed by atoms with Crippen molar-refractivity contribution in [2.24, 2.45) is 5.92 Å². The molecule has 1 N–H and O–H groups in total. The number of hydrogen-bond donors (Lipinski definition) is 1. The molecule has 3 aromatic rings. The SMILES string of the molecule is OC1c2ccccc2CCC1Cc1csc2ccccc12. The molecule has 2 heteroatoms. The molecule has 1 nitrogen and oxygen atoms in total. The lowest BCUT2D eigenvalue weighted by atomic mass is 9.78. The summed E-state index contributed by atoms with van der Waals surface area (Å²) in [5, 5.41) is 14.3. The van der Waals surface area contributed by atoms with Gasteiger partial charge in [-0.15, -0.1) is 11.3 Å². The fourth-order valence-electron chi connectivity index (χ4n) is 3.49. The van der Waals surface area contributed by atoms with E-state index in [2.05, 4.69) is 47.8 Å². The quantitative estimate of drug-likeness (QED) is 0.724. The van der Waals surface area contributed by atoms with Gasteiger partial charge in [-0.3, -0.25) is 0 Å². The van der Waals surface area contributed by atoms with Gasteiger partial charge in [-0.1, -0.05) is 42.5 Å². The van der Waals surface area contributed by atoms with Gasteiger partial charge in [0, 0.05) is 4.70 Å². The maximum Gasteiger partial charge on any atom is 0.0824 e. The van der Waals surface area contributed by atoms with E-state index in [1.54, 1.807) is 0 Å². The van der Waals surface area contributed by atoms with Crippen LogP contribution in [0.15, 0.2) is 53.9 Å². The van der Waals surface area contributed by atoms with Crippen LogP contribution in [-0.4, -0.2) is 5.11 Å². The summed E-state index contributed by atoms with van der Waals surface area (Å²) in [5.41, 5.74) is 3.84. The molecule has 0 bridgehead atoms. The molecule has 2 atom stereocenters. The second-order valence-corrected chi connectivity index (χ2v) is 6.81. The van der Waals surface area contributed by atoms with Crippen LogP contribution >= 0.6 is 11.3 Å². The molecular weight excluding hydrogens is 276 g/mol. The van der Waals surface area contributed by atoms with Crippen molar-refractivity contribution in [2.45, 2.75) is 25.4 Å². The third-order valence-corrected chi connectivity index (χ3v) is 5.66. The maximum atomic E-state index is 10.7. The Kier molecular flexibility index (Phi) is 3.28. The van der Waals surface area contributed by atoms with Crippen molar-refractivity contribution in [1.29, 1.82) is 0 Å². The van der Waals surface area contributed by atoms with Crippen LogP contribution in [0.3, 0.4) is 0 Å². The zero-order valence-electron chi connectivity index (χ0n) is 11.8. The van der Waals surface area contributed by atoms with Gasteiger partial charge in [0.15, 0.2) is 0 Å². The van der Waals surface area contributed by atoms with Crippen molar-refractivity contribution in [3.63, 3.8) is 0 Å². The van der Waals surface area contributed by atoms with Crippen molar-refractivity contribution in [1.82, 2.24) is 0 Å². The minimum absolute atomic E-state index is 0.325. The topological polar surface area (TPSA) is 20.2 Å². The summed E-state index contributed by atoms with van der Waals surface area (Å²) < 4.78 is 1.35. The summed E-state index contributed by atoms with van der Waals surface area (Å²) in [6.45, 7) is 0. The van der Waals surface area contributed by atoms with Crippen molar-refractivity contribution >= 4 is 21.4 Å². The lowest BCUT2D eigenvalue weighted by Crippen LogP contribution is -2.22. The van der Waals surface area contributed by atoms with Gasteiger partial charge in [0.05, 0.1) is 6.10 Å². The molecule has 0 radical (unpaired) electrons. The van der Waals surface area contributed by atoms with E-state index < -0.39 is 0 Å². The summed E-state index contributed by atoms with van der Waals surface area (Å²) in [6.07, 6.45) is 2.80. The Hall–Kier alpha value is -1.64. The molecule has 106 valence electrons. The third-order valence-electron chi connectivity index (χ3n) is 4.65. The van der Waals surface area contributed by atoms with E-state index in [0.29, 0.717) is 5.92 Å². The highest BCUT2D eigenvalue weighted by molar-refractivity contribution is 7.17. The summed E-state index contributed by atoms with van der Waals surface area (Å²) in [4.78, 5) is 0. The molecule has 4 rings (SSSR count). The van der Waals surface area contributed by atoms with Gasteiger partial charge in [-0.2, -0.15) is 0 Å². The molecule has 2 aromatic carbocycles. The highest BCUT2D eigenvalue weighted by atomic mass is 32.1. The van der Waals surface area contributed by atoms with Crippen LogP contribution < -0.4 is 0 Å². The van der Waals surface area contributed by atoms with Crippen molar-refractivity contribution in [2.75, 3.05) is 0 Å². The first-order valence-electron chi connectivity index (χ1n) is 7.54. The number of rotatable bonds is 2. The molecule has 0 aliphatic heterocycles. The summed E-state index contributed by atoms with van der Waals surface area (Å²) in [5.74, 6) is 0.331. The number of benzene rings is 2. The van der Waals surface area contributed by atoms with E-state index >= 15 is 0 Å². The van der Waals surface area contributed by atoms with E-state index in [1.807, 2.05) is 17.4 Å². The first-order chi connectivity index (χ1) is 10.3. The van der Waals surface area contributed by atoms with Crippen LogP contribution in [0.5, 0.6) is 0 Å². The zero-order chi connectivity index (χ0) is 14.2. The van der Waals surface area contributed by atoms with Gasteiger partial charge in [0.25, 0.3) is 0 Å². The lowest BCUT2D eigenvalue weighted by molar-refractivity contribution is 0.0939. The Labute approximate surface area is 128 Å². The van der Waals surface area contributed by atoms with Crippen LogP contribution in [0.25, 0.3) is 10.1 Å². The summed E-state index contributed by atoms with van der Waals surface area (Å²) in [7, 11) is 0. The number of aliphatic hydroxyl groups excluding tert-OH is 1. The van der Waals surface area contributed by atoms with E-state index in [4.69, 9.17) is 0 Å². The maximum absolute atomic E-state index is 10.7. The highest BCUT2D eigenvalue weighted by Crippen LogP contribution is 2.38. The normalized spacial score (nSPS) is 21.4. The van der Waals surface area contributed by atoms with Crippen molar-refractivity contribution < 1.29 is 5.11 Å². The van der Waals surface area contributed by atoms with Gasteiger partial charge in [0.2, 0.25) is 0 Å². The Morgan fingerprint density at radius 2 is 1.86 bits per heavy atom. The number of aryl methyl sites for hydroxylation is 1. The Balaban J connectivity index is 1.64. The summed E-state index contributed by atoms with van der Waals surface area (Å²) in [6, 6.07) is 16.9. The number of hydrogen-bond acceptors (Lipinski definition) is 2. The van der Waals surface area contributed by atoms with Crippen LogP contribution in [0, 0.1) is 5.92 Å². The van der Waals surface area contributed by atoms with E-state index in [9.17, 15) is 5.11 Å². The van der Waals surface area contributed by atoms with Crippen molar-refractivity contribution in [3.8, 4) is 0 Å². The molecule has 0 spiro atoms. The van der Waals surface area contributed by atoms with Crippen LogP contribution in [-0.2, 0) is 12.8 Å². The molecule has 21 heavy (non-hydrogen) atoms. The predicted molar refractivity (Wildman–Crippen MR) is 88.7 cm³/mol. The summed E-state index contributed by atoms with van der Waals surface area (Å²) >= 11 is 1.81. The fourth-order valence-corrected chi connectivity index (χ4v) is 4.47. The lowest BCUT2D eigenvalue weighted by Gasteiger charge is -2.30. The molecule has 0 amide bonds. The molecule has 0 saturated carbocycles. The average Bonchev–Trinajstić information content (AvgIpc) is 2.94. The molecule has 1 aromatic heterocycles. The molecular formula is C19H18OS. The van der Waals surface area contributed by atoms with Gasteiger partial charge >= 0.3 is 0 Å². The Morgan fingerprint density at radius 3 is 2.81 bits per heavy atom. The Morgan fingerprint density at radius 1 is 1.05 bits per heavy atom. The number of aliphatic hydroxyl groups is 1. The van der Waals surface area contributed by atoms with E-state index in [0.717, 1.165) is 24.8 Å². The minimum atomic E-state index is -0.325. The molecule has 0 saturated heterocycles. The van der Waals surface area contributed by atoms with E-state index in [-0.39, 0.29) is 6.10 Å². The van der Waals surface area contributed by atoms with Crippen molar-refractivity contribution in [3.05, 3.63) is 70.6 Å². The van der Waals surface area contributed by atoms with Crippen LogP contribution in [0.2, 0.25) is 0 Å². The largest absolute Gasteiger partial charge is 0.388 e. The van der Waals surface area contributed by atoms with Gasteiger partial charge in [-0.05, 0) is 58.7 Å². The monoisotopic (exact) mass is 294 g/mol. The first-order valence-corrected chi connectivity index (χ1v) is 8.42. The Bertz CT molecular complexity index is 774. The average molecular weight is 294 g/mol. The highest BCUT2D eigenvalue weighted by Gasteiger charge is 2.28. The smallest absolute Gasteiger partial charge is 0.0824 e. The minimum Gasteiger partial charge on any atom is -0.388 e. The van der Waals surface area contributed by atoms with Gasteiger partial charge in [0.1, 0.15) is 0 Å². The molecule has 1 aliphatic carbocycles. The second-order valence-electron chi connectivity index (χ2n) is 5.90. The number of fused-ring (bicyclic) bond motifs is 2. The molecule has 0 fully saturated rings. The standard InChI is InChI=1S/C19H18OS/c20-19-14(10-9-13-5-1-2-7-17(13)19)11-15-12-21-18-8-4-3-6-16(15)18/h1-8,12,14,19-20H,9-11H2.